The van der Waals surface area contributed by atoms with Crippen LogP contribution in [0.2, 0.25) is 0 Å². The molecule has 2 aromatic carbocycles. The number of ether oxygens (including phenoxy) is 1. The molecule has 5 heteroatoms. The minimum absolute atomic E-state index is 0.0264. The van der Waals surface area contributed by atoms with Crippen LogP contribution in [0.25, 0.3) is 0 Å². The normalized spacial score (nSPS) is 16.1. The lowest BCUT2D eigenvalue weighted by molar-refractivity contribution is 0.262. The molecule has 1 N–H and O–H groups in total. The fraction of sp³-hybridized carbons (Fsp3) is 0.316. The van der Waals surface area contributed by atoms with Gasteiger partial charge >= 0.3 is 0 Å². The molecule has 0 saturated carbocycles. The van der Waals surface area contributed by atoms with Crippen LogP contribution in [0, 0.1) is 13.8 Å². The number of aromatic hydroxyl groups is 1. The molecule has 1 amide bonds. The second-order valence-electron chi connectivity index (χ2n) is 5.31. The second-order valence-corrected chi connectivity index (χ2v) is 6.34. The minimum atomic E-state index is -0.0566. The van der Waals surface area contributed by atoms with Gasteiger partial charge in [0, 0.05) is 5.69 Å². The van der Waals surface area contributed by atoms with Crippen molar-refractivity contribution < 1.29 is 14.6 Å². The van der Waals surface area contributed by atoms with Gasteiger partial charge in [0.2, 0.25) is 0 Å². The van der Waals surface area contributed by atoms with Crippen LogP contribution < -0.4 is 9.64 Å². The van der Waals surface area contributed by atoms with Crippen LogP contribution in [0.15, 0.2) is 36.4 Å². The number of phenols is 1. The van der Waals surface area contributed by atoms with Crippen molar-refractivity contribution in [3.63, 3.8) is 0 Å². The lowest BCUT2D eigenvalue weighted by Crippen LogP contribution is -2.40. The Morgan fingerprint density at radius 1 is 1.08 bits per heavy atom. The van der Waals surface area contributed by atoms with Gasteiger partial charge in [0.1, 0.15) is 16.9 Å². The van der Waals surface area contributed by atoms with E-state index in [2.05, 4.69) is 0 Å². The van der Waals surface area contributed by atoms with Crippen molar-refractivity contribution in [3.05, 3.63) is 53.1 Å². The molecule has 24 heavy (non-hydrogen) atoms. The third-order valence-electron chi connectivity index (χ3n) is 3.79. The number of benzene rings is 2. The zero-order valence-corrected chi connectivity index (χ0v) is 15.5. The van der Waals surface area contributed by atoms with Crippen LogP contribution in [0.3, 0.4) is 0 Å². The van der Waals surface area contributed by atoms with Crippen LogP contribution in [0.1, 0.15) is 35.9 Å². The Balaban J connectivity index is 0.00000100. The Morgan fingerprint density at radius 3 is 2.08 bits per heavy atom. The van der Waals surface area contributed by atoms with Gasteiger partial charge in [0.05, 0.1) is 7.11 Å². The smallest absolute Gasteiger partial charge is 0.289 e. The largest absolute Gasteiger partial charge is 0.507 e. The number of rotatable bonds is 3. The van der Waals surface area contributed by atoms with Gasteiger partial charge in [-0.25, -0.2) is 0 Å². The monoisotopic (exact) mass is 345 g/mol. The van der Waals surface area contributed by atoms with Crippen molar-refractivity contribution in [1.29, 1.82) is 0 Å². The van der Waals surface area contributed by atoms with Crippen LogP contribution in [0.4, 0.5) is 10.5 Å². The van der Waals surface area contributed by atoms with Gasteiger partial charge in [-0.3, -0.25) is 9.69 Å². The van der Waals surface area contributed by atoms with E-state index in [0.717, 1.165) is 28.1 Å². The van der Waals surface area contributed by atoms with Crippen molar-refractivity contribution in [1.82, 2.24) is 0 Å². The zero-order chi connectivity index (χ0) is 17.9. The van der Waals surface area contributed by atoms with Gasteiger partial charge in [-0.05, 0) is 78.7 Å². The highest BCUT2D eigenvalue weighted by Crippen LogP contribution is 2.48. The number of hydrogen-bond donors (Lipinski definition) is 1. The van der Waals surface area contributed by atoms with Crippen molar-refractivity contribution in [3.8, 4) is 11.5 Å². The highest BCUT2D eigenvalue weighted by atomic mass is 32.2. The molecule has 1 unspecified atom stereocenters. The Hall–Kier alpha value is -2.14. The van der Waals surface area contributed by atoms with E-state index in [1.165, 1.54) is 11.8 Å². The van der Waals surface area contributed by atoms with Crippen LogP contribution >= 0.6 is 11.8 Å². The van der Waals surface area contributed by atoms with Gasteiger partial charge in [0.15, 0.2) is 0 Å². The van der Waals surface area contributed by atoms with Gasteiger partial charge in [-0.15, -0.1) is 0 Å². The molecule has 1 aliphatic rings. The summed E-state index contributed by atoms with van der Waals surface area (Å²) in [6.45, 7) is 7.74. The Morgan fingerprint density at radius 2 is 1.62 bits per heavy atom. The first-order valence-electron chi connectivity index (χ1n) is 7.95. The molecule has 0 aromatic heterocycles. The quantitative estimate of drug-likeness (QED) is 0.807. The van der Waals surface area contributed by atoms with Crippen molar-refractivity contribution in [2.75, 3.05) is 12.0 Å². The molecule has 2 aromatic rings. The molecule has 1 aliphatic heterocycles. The highest BCUT2D eigenvalue weighted by Gasteiger charge is 2.39. The lowest BCUT2D eigenvalue weighted by Gasteiger charge is -2.39. The topological polar surface area (TPSA) is 49.8 Å². The van der Waals surface area contributed by atoms with Crippen LogP contribution in [-0.4, -0.2) is 17.5 Å². The molecular formula is C19H23NO3S. The van der Waals surface area contributed by atoms with Gasteiger partial charge < -0.3 is 9.84 Å². The predicted molar refractivity (Wildman–Crippen MR) is 100 cm³/mol. The third-order valence-corrected chi connectivity index (χ3v) is 4.90. The summed E-state index contributed by atoms with van der Waals surface area (Å²) in [5.74, 6) is 1.08. The summed E-state index contributed by atoms with van der Waals surface area (Å²) in [6, 6.07) is 11.3. The SMILES string of the molecule is CC.COc1ccc(N2C(=O)SC2c2cc(C)c(O)c(C)c2)cc1. The fourth-order valence-corrected chi connectivity index (χ4v) is 3.53. The summed E-state index contributed by atoms with van der Waals surface area (Å²) < 4.78 is 5.15. The average Bonchev–Trinajstić information content (AvgIpc) is 2.59. The number of methoxy groups -OCH3 is 1. The summed E-state index contributed by atoms with van der Waals surface area (Å²) in [5.41, 5.74) is 3.51. The Kier molecular flexibility index (Phi) is 5.78. The van der Waals surface area contributed by atoms with Crippen LogP contribution in [0.5, 0.6) is 11.5 Å². The number of thioether (sulfide) groups is 1. The molecule has 1 atom stereocenters. The first kappa shape index (κ1) is 18.2. The summed E-state index contributed by atoms with van der Waals surface area (Å²) in [6.07, 6.45) is 0. The summed E-state index contributed by atoms with van der Waals surface area (Å²) >= 11 is 1.29. The zero-order valence-electron chi connectivity index (χ0n) is 14.7. The van der Waals surface area contributed by atoms with E-state index in [1.807, 2.05) is 64.1 Å². The fourth-order valence-electron chi connectivity index (χ4n) is 2.58. The number of carbonyl (C=O) groups excluding carboxylic acids is 1. The lowest BCUT2D eigenvalue weighted by atomic mass is 10.0. The van der Waals surface area contributed by atoms with Crippen molar-refractivity contribution in [2.45, 2.75) is 33.1 Å². The predicted octanol–water partition coefficient (Wildman–Crippen LogP) is 5.42. The third kappa shape index (κ3) is 3.36. The minimum Gasteiger partial charge on any atom is -0.507 e. The van der Waals surface area contributed by atoms with Crippen molar-refractivity contribution >= 4 is 22.7 Å². The molecule has 0 aliphatic carbocycles. The van der Waals surface area contributed by atoms with Gasteiger partial charge in [0.25, 0.3) is 5.24 Å². The molecule has 0 radical (unpaired) electrons. The number of aryl methyl sites for hydroxylation is 2. The first-order chi connectivity index (χ1) is 11.5. The first-order valence-corrected chi connectivity index (χ1v) is 8.83. The average molecular weight is 345 g/mol. The van der Waals surface area contributed by atoms with Crippen LogP contribution in [-0.2, 0) is 0 Å². The molecule has 1 heterocycles. The summed E-state index contributed by atoms with van der Waals surface area (Å²) in [5, 5.41) is 9.86. The Bertz CT molecular complexity index is 705. The molecule has 4 nitrogen and oxygen atoms in total. The molecule has 3 rings (SSSR count). The van der Waals surface area contributed by atoms with E-state index >= 15 is 0 Å². The van der Waals surface area contributed by atoms with E-state index in [4.69, 9.17) is 4.74 Å². The molecular weight excluding hydrogens is 322 g/mol. The van der Waals surface area contributed by atoms with Gasteiger partial charge in [-0.1, -0.05) is 13.8 Å². The Labute approximate surface area is 147 Å². The number of nitrogens with zero attached hydrogens (tertiary/aromatic N) is 1. The maximum Gasteiger partial charge on any atom is 0.289 e. The van der Waals surface area contributed by atoms with Crippen molar-refractivity contribution in [2.24, 2.45) is 0 Å². The number of hydrogen-bond acceptors (Lipinski definition) is 4. The van der Waals surface area contributed by atoms with E-state index in [1.54, 1.807) is 12.0 Å². The van der Waals surface area contributed by atoms with Gasteiger partial charge in [-0.2, -0.15) is 0 Å². The van der Waals surface area contributed by atoms with E-state index < -0.39 is 0 Å². The van der Waals surface area contributed by atoms with E-state index in [0.29, 0.717) is 5.75 Å². The highest BCUT2D eigenvalue weighted by molar-refractivity contribution is 8.16. The van der Waals surface area contributed by atoms with E-state index in [9.17, 15) is 9.90 Å². The summed E-state index contributed by atoms with van der Waals surface area (Å²) in [7, 11) is 1.62. The summed E-state index contributed by atoms with van der Waals surface area (Å²) in [4.78, 5) is 13.8. The number of amides is 1. The molecule has 0 bridgehead atoms. The molecule has 0 spiro atoms. The van der Waals surface area contributed by atoms with E-state index in [-0.39, 0.29) is 10.6 Å². The molecule has 128 valence electrons. The maximum atomic E-state index is 12.0. The number of anilines is 1. The number of carbonyl (C=O) groups is 1. The standard InChI is InChI=1S/C17H17NO3S.C2H6/c1-10-8-12(9-11(2)15(10)19)16-18(17(20)22-16)13-4-6-14(21-3)7-5-13;1-2/h4-9,16,19H,1-3H3;1-2H3. The number of phenolic OH excluding ortho intramolecular Hbond substituents is 1. The molecule has 1 fully saturated rings. The second kappa shape index (κ2) is 7.62. The maximum absolute atomic E-state index is 12.0. The molecule has 1 saturated heterocycles.